The molecule has 0 amide bonds. The lowest BCUT2D eigenvalue weighted by molar-refractivity contribution is -0.141. The van der Waals surface area contributed by atoms with Gasteiger partial charge in [-0.15, -0.1) is 0 Å². The Kier molecular flexibility index (Phi) is 5.51. The zero-order valence-corrected chi connectivity index (χ0v) is 12.6. The summed E-state index contributed by atoms with van der Waals surface area (Å²) >= 11 is 0. The van der Waals surface area contributed by atoms with Crippen molar-refractivity contribution in [3.8, 4) is 0 Å². The van der Waals surface area contributed by atoms with Gasteiger partial charge < -0.3 is 9.47 Å². The molecule has 0 atom stereocenters. The predicted molar refractivity (Wildman–Crippen MR) is 70.5 cm³/mol. The van der Waals surface area contributed by atoms with Gasteiger partial charge in [-0.2, -0.15) is 13.2 Å². The average molecular weight is 319 g/mol. The Morgan fingerprint density at radius 3 is 2.14 bits per heavy atom. The quantitative estimate of drug-likeness (QED) is 0.798. The van der Waals surface area contributed by atoms with E-state index in [1.54, 1.807) is 13.8 Å². The summed E-state index contributed by atoms with van der Waals surface area (Å²) in [6, 6.07) is 0. The molecule has 1 heterocycles. The lowest BCUT2D eigenvalue weighted by atomic mass is 9.93. The molecule has 22 heavy (non-hydrogen) atoms. The molecule has 0 unspecified atom stereocenters. The summed E-state index contributed by atoms with van der Waals surface area (Å²) < 4.78 is 48.2. The van der Waals surface area contributed by atoms with Crippen molar-refractivity contribution in [3.63, 3.8) is 0 Å². The molecular weight excluding hydrogens is 303 g/mol. The number of pyridine rings is 1. The molecule has 0 aliphatic rings. The van der Waals surface area contributed by atoms with Gasteiger partial charge in [-0.05, 0) is 17.9 Å². The van der Waals surface area contributed by atoms with Gasteiger partial charge in [0.25, 0.3) is 0 Å². The molecule has 0 fully saturated rings. The highest BCUT2D eigenvalue weighted by Gasteiger charge is 2.40. The molecule has 0 radical (unpaired) electrons. The number of carbonyl (C=O) groups is 2. The molecule has 1 aromatic rings. The van der Waals surface area contributed by atoms with Gasteiger partial charge in [-0.1, -0.05) is 13.8 Å². The maximum absolute atomic E-state index is 13.1. The Balaban J connectivity index is 3.73. The maximum atomic E-state index is 13.1. The molecule has 1 rings (SSSR count). The molecule has 0 saturated heterocycles. The Labute approximate surface area is 125 Å². The first-order valence-corrected chi connectivity index (χ1v) is 6.39. The predicted octanol–water partition coefficient (Wildman–Crippen LogP) is 2.87. The van der Waals surface area contributed by atoms with Gasteiger partial charge >= 0.3 is 18.1 Å². The van der Waals surface area contributed by atoms with Gasteiger partial charge in [0, 0.05) is 6.20 Å². The summed E-state index contributed by atoms with van der Waals surface area (Å²) in [6.45, 7) is 3.49. The van der Waals surface area contributed by atoms with Crippen molar-refractivity contribution in [1.82, 2.24) is 4.98 Å². The van der Waals surface area contributed by atoms with E-state index in [-0.39, 0.29) is 23.5 Å². The third-order valence-corrected chi connectivity index (χ3v) is 2.86. The van der Waals surface area contributed by atoms with Crippen LogP contribution in [0.5, 0.6) is 0 Å². The monoisotopic (exact) mass is 319 g/mol. The van der Waals surface area contributed by atoms with E-state index in [9.17, 15) is 22.8 Å². The molecule has 1 aromatic heterocycles. The zero-order chi connectivity index (χ0) is 17.1. The highest BCUT2D eigenvalue weighted by Crippen LogP contribution is 2.34. The second-order valence-corrected chi connectivity index (χ2v) is 4.95. The van der Waals surface area contributed by atoms with Crippen LogP contribution in [0.1, 0.15) is 45.8 Å². The largest absolute Gasteiger partial charge is 0.465 e. The van der Waals surface area contributed by atoms with Crippen molar-refractivity contribution in [1.29, 1.82) is 0 Å². The third-order valence-electron chi connectivity index (χ3n) is 2.86. The maximum Gasteiger partial charge on any atom is 0.434 e. The molecular formula is C14H16F3NO4. The van der Waals surface area contributed by atoms with E-state index in [1.807, 2.05) is 0 Å². The van der Waals surface area contributed by atoms with E-state index in [2.05, 4.69) is 14.5 Å². The first-order valence-electron chi connectivity index (χ1n) is 6.39. The van der Waals surface area contributed by atoms with Gasteiger partial charge in [0.15, 0.2) is 5.69 Å². The zero-order valence-electron chi connectivity index (χ0n) is 12.6. The van der Waals surface area contributed by atoms with Crippen LogP contribution in [0.2, 0.25) is 0 Å². The number of nitrogens with zero attached hydrogens (tertiary/aromatic N) is 1. The standard InChI is InChI=1S/C14H16F3NO4/c1-7(2)5-8-9(12(19)21-3)6-18-11(14(15,16)17)10(8)13(20)22-4/h6-7H,5H2,1-4H3. The Bertz CT molecular complexity index is 582. The second-order valence-electron chi connectivity index (χ2n) is 4.95. The summed E-state index contributed by atoms with van der Waals surface area (Å²) in [4.78, 5) is 26.8. The Morgan fingerprint density at radius 2 is 1.73 bits per heavy atom. The van der Waals surface area contributed by atoms with E-state index in [0.29, 0.717) is 0 Å². The molecule has 8 heteroatoms. The lowest BCUT2D eigenvalue weighted by Crippen LogP contribution is -2.22. The lowest BCUT2D eigenvalue weighted by Gasteiger charge is -2.18. The smallest absolute Gasteiger partial charge is 0.434 e. The average Bonchev–Trinajstić information content (AvgIpc) is 2.43. The number of hydrogen-bond acceptors (Lipinski definition) is 5. The number of alkyl halides is 3. The van der Waals surface area contributed by atoms with Gasteiger partial charge in [0.2, 0.25) is 0 Å². The van der Waals surface area contributed by atoms with Crippen molar-refractivity contribution in [3.05, 3.63) is 28.6 Å². The number of aromatic nitrogens is 1. The minimum Gasteiger partial charge on any atom is -0.465 e. The Hall–Kier alpha value is -2.12. The van der Waals surface area contributed by atoms with Crippen LogP contribution in [0.4, 0.5) is 13.2 Å². The van der Waals surface area contributed by atoms with Crippen molar-refractivity contribution in [2.24, 2.45) is 5.92 Å². The van der Waals surface area contributed by atoms with Gasteiger partial charge in [-0.25, -0.2) is 9.59 Å². The number of methoxy groups -OCH3 is 2. The number of halogens is 3. The van der Waals surface area contributed by atoms with Crippen molar-refractivity contribution in [2.45, 2.75) is 26.4 Å². The summed E-state index contributed by atoms with van der Waals surface area (Å²) in [7, 11) is 2.06. The van der Waals surface area contributed by atoms with E-state index in [1.165, 1.54) is 0 Å². The number of esters is 2. The van der Waals surface area contributed by atoms with E-state index >= 15 is 0 Å². The fraction of sp³-hybridized carbons (Fsp3) is 0.500. The van der Waals surface area contributed by atoms with Crippen LogP contribution in [0, 0.1) is 5.92 Å². The van der Waals surface area contributed by atoms with Crippen LogP contribution >= 0.6 is 0 Å². The Morgan fingerprint density at radius 1 is 1.18 bits per heavy atom. The summed E-state index contributed by atoms with van der Waals surface area (Å²) in [5.41, 5.74) is -2.37. The summed E-state index contributed by atoms with van der Waals surface area (Å²) in [5.74, 6) is -2.15. The molecule has 0 N–H and O–H groups in total. The van der Waals surface area contributed by atoms with Crippen LogP contribution in [0.25, 0.3) is 0 Å². The van der Waals surface area contributed by atoms with Crippen LogP contribution in [-0.4, -0.2) is 31.1 Å². The summed E-state index contributed by atoms with van der Waals surface area (Å²) in [6.07, 6.45) is -4.00. The van der Waals surface area contributed by atoms with Crippen molar-refractivity contribution >= 4 is 11.9 Å². The van der Waals surface area contributed by atoms with Crippen LogP contribution in [0.15, 0.2) is 6.20 Å². The van der Waals surface area contributed by atoms with E-state index < -0.39 is 29.4 Å². The van der Waals surface area contributed by atoms with Gasteiger partial charge in [-0.3, -0.25) is 4.98 Å². The molecule has 0 spiro atoms. The van der Waals surface area contributed by atoms with E-state index in [0.717, 1.165) is 20.4 Å². The number of hydrogen-bond donors (Lipinski definition) is 0. The molecule has 0 bridgehead atoms. The fourth-order valence-electron chi connectivity index (χ4n) is 1.99. The molecule has 5 nitrogen and oxygen atoms in total. The topological polar surface area (TPSA) is 65.5 Å². The van der Waals surface area contributed by atoms with Crippen molar-refractivity contribution < 1.29 is 32.2 Å². The minimum absolute atomic E-state index is 0.0699. The highest BCUT2D eigenvalue weighted by atomic mass is 19.4. The van der Waals surface area contributed by atoms with Crippen molar-refractivity contribution in [2.75, 3.05) is 14.2 Å². The highest BCUT2D eigenvalue weighted by molar-refractivity contribution is 5.98. The molecule has 0 aliphatic carbocycles. The van der Waals surface area contributed by atoms with Crippen LogP contribution in [0.3, 0.4) is 0 Å². The molecule has 122 valence electrons. The fourth-order valence-corrected chi connectivity index (χ4v) is 1.99. The minimum atomic E-state index is -4.84. The number of rotatable bonds is 4. The first kappa shape index (κ1) is 17.9. The van der Waals surface area contributed by atoms with E-state index in [4.69, 9.17) is 0 Å². The van der Waals surface area contributed by atoms with Gasteiger partial charge in [0.05, 0.1) is 25.3 Å². The number of ether oxygens (including phenoxy) is 2. The first-order chi connectivity index (χ1) is 10.1. The normalized spacial score (nSPS) is 11.5. The van der Waals surface area contributed by atoms with Gasteiger partial charge in [0.1, 0.15) is 0 Å². The molecule has 0 saturated carbocycles. The summed E-state index contributed by atoms with van der Waals surface area (Å²) in [5, 5.41) is 0. The SMILES string of the molecule is COC(=O)c1cnc(C(F)(F)F)c(C(=O)OC)c1CC(C)C. The second kappa shape index (κ2) is 6.76. The molecule has 0 aliphatic heterocycles. The third kappa shape index (κ3) is 3.75. The number of carbonyl (C=O) groups excluding carboxylic acids is 2. The van der Waals surface area contributed by atoms with Crippen LogP contribution < -0.4 is 0 Å². The molecule has 0 aromatic carbocycles. The van der Waals surface area contributed by atoms with Crippen LogP contribution in [-0.2, 0) is 22.1 Å².